The normalized spacial score (nSPS) is 15.8. The third kappa shape index (κ3) is 4.92. The van der Waals surface area contributed by atoms with Gasteiger partial charge in [0, 0.05) is 31.6 Å². The summed E-state index contributed by atoms with van der Waals surface area (Å²) in [7, 11) is -0.558. The Morgan fingerprint density at radius 3 is 2.48 bits per heavy atom. The molecule has 7 nitrogen and oxygen atoms in total. The molecule has 1 N–H and O–H groups in total. The highest BCUT2D eigenvalue weighted by atomic mass is 32.2. The van der Waals surface area contributed by atoms with E-state index in [0.717, 1.165) is 29.6 Å². The minimum atomic E-state index is -3.50. The number of piperidine rings is 1. The maximum absolute atomic E-state index is 12.4. The SMILES string of the molecule is CN(C)S(=O)(=O)c1ccc(C(=O)Nc2nc(CN3CCCCC3)cs2)cc1. The Morgan fingerprint density at radius 1 is 1.19 bits per heavy atom. The van der Waals surface area contributed by atoms with E-state index in [0.29, 0.717) is 10.7 Å². The smallest absolute Gasteiger partial charge is 0.257 e. The Bertz CT molecular complexity index is 886. The summed E-state index contributed by atoms with van der Waals surface area (Å²) in [4.78, 5) is 19.4. The first-order chi connectivity index (χ1) is 12.9. The minimum absolute atomic E-state index is 0.155. The van der Waals surface area contributed by atoms with E-state index in [9.17, 15) is 13.2 Å². The summed E-state index contributed by atoms with van der Waals surface area (Å²) in [5.41, 5.74) is 1.35. The zero-order valence-electron chi connectivity index (χ0n) is 15.5. The molecule has 1 aliphatic rings. The van der Waals surface area contributed by atoms with E-state index in [1.807, 2.05) is 5.38 Å². The summed E-state index contributed by atoms with van der Waals surface area (Å²) in [6.45, 7) is 3.01. The fourth-order valence-corrected chi connectivity index (χ4v) is 4.54. The van der Waals surface area contributed by atoms with Gasteiger partial charge in [0.1, 0.15) is 0 Å². The number of carbonyl (C=O) groups is 1. The molecule has 2 aromatic rings. The van der Waals surface area contributed by atoms with Gasteiger partial charge in [-0.05, 0) is 50.2 Å². The van der Waals surface area contributed by atoms with Gasteiger partial charge in [-0.3, -0.25) is 15.0 Å². The maximum atomic E-state index is 12.4. The molecule has 146 valence electrons. The third-order valence-corrected chi connectivity index (χ3v) is 7.14. The number of sulfonamides is 1. The molecular formula is C18H24N4O3S2. The molecule has 0 unspecified atom stereocenters. The molecule has 2 heterocycles. The average molecular weight is 409 g/mol. The molecule has 1 fully saturated rings. The molecule has 0 bridgehead atoms. The number of nitrogens with zero attached hydrogens (tertiary/aromatic N) is 3. The summed E-state index contributed by atoms with van der Waals surface area (Å²) in [6, 6.07) is 5.89. The first-order valence-electron chi connectivity index (χ1n) is 8.87. The van der Waals surface area contributed by atoms with Gasteiger partial charge in [0.25, 0.3) is 5.91 Å². The van der Waals surface area contributed by atoms with Crippen molar-refractivity contribution in [2.45, 2.75) is 30.7 Å². The second-order valence-electron chi connectivity index (χ2n) is 6.75. The standard InChI is InChI=1S/C18H24N4O3S2/c1-21(2)27(24,25)16-8-6-14(7-9-16)17(23)20-18-19-15(13-26-18)12-22-10-4-3-5-11-22/h6-9,13H,3-5,10-12H2,1-2H3,(H,19,20,23). The van der Waals surface area contributed by atoms with Crippen molar-refractivity contribution >= 4 is 32.4 Å². The first-order valence-corrected chi connectivity index (χ1v) is 11.2. The van der Waals surface area contributed by atoms with E-state index in [4.69, 9.17) is 0 Å². The first kappa shape index (κ1) is 19.9. The largest absolute Gasteiger partial charge is 0.298 e. The van der Waals surface area contributed by atoms with Crippen molar-refractivity contribution in [1.82, 2.24) is 14.2 Å². The fraction of sp³-hybridized carbons (Fsp3) is 0.444. The van der Waals surface area contributed by atoms with Crippen molar-refractivity contribution in [3.05, 3.63) is 40.9 Å². The number of thiazole rings is 1. The number of likely N-dealkylation sites (tertiary alicyclic amines) is 1. The lowest BCUT2D eigenvalue weighted by atomic mass is 10.1. The molecular weight excluding hydrogens is 384 g/mol. The fourth-order valence-electron chi connectivity index (χ4n) is 2.94. The van der Waals surface area contributed by atoms with Crippen molar-refractivity contribution < 1.29 is 13.2 Å². The van der Waals surface area contributed by atoms with Crippen molar-refractivity contribution in [1.29, 1.82) is 0 Å². The van der Waals surface area contributed by atoms with E-state index in [1.165, 1.54) is 69.0 Å². The molecule has 0 aliphatic carbocycles. The van der Waals surface area contributed by atoms with Gasteiger partial charge < -0.3 is 0 Å². The highest BCUT2D eigenvalue weighted by Crippen LogP contribution is 2.20. The van der Waals surface area contributed by atoms with Gasteiger partial charge in [0.15, 0.2) is 5.13 Å². The van der Waals surface area contributed by atoms with E-state index in [2.05, 4.69) is 15.2 Å². The molecule has 1 saturated heterocycles. The molecule has 1 amide bonds. The number of hydrogen-bond acceptors (Lipinski definition) is 6. The van der Waals surface area contributed by atoms with Crippen LogP contribution in [0.3, 0.4) is 0 Å². The van der Waals surface area contributed by atoms with Gasteiger partial charge >= 0.3 is 0 Å². The van der Waals surface area contributed by atoms with Crippen LogP contribution in [0, 0.1) is 0 Å². The molecule has 0 spiro atoms. The Hall–Kier alpha value is -1.81. The molecule has 9 heteroatoms. The molecule has 0 atom stereocenters. The van der Waals surface area contributed by atoms with Crippen LogP contribution >= 0.6 is 11.3 Å². The van der Waals surface area contributed by atoms with Crippen molar-refractivity contribution in [2.75, 3.05) is 32.5 Å². The Labute approximate surface area is 164 Å². The van der Waals surface area contributed by atoms with Crippen LogP contribution in [0.4, 0.5) is 5.13 Å². The van der Waals surface area contributed by atoms with E-state index < -0.39 is 10.0 Å². The third-order valence-electron chi connectivity index (χ3n) is 4.50. The second kappa shape index (κ2) is 8.47. The lowest BCUT2D eigenvalue weighted by Gasteiger charge is -2.25. The topological polar surface area (TPSA) is 82.6 Å². The molecule has 1 aromatic carbocycles. The zero-order chi connectivity index (χ0) is 19.4. The molecule has 1 aromatic heterocycles. The second-order valence-corrected chi connectivity index (χ2v) is 9.76. The van der Waals surface area contributed by atoms with Crippen molar-refractivity contribution in [2.24, 2.45) is 0 Å². The van der Waals surface area contributed by atoms with Crippen LogP contribution in [0.15, 0.2) is 34.5 Å². The molecule has 27 heavy (non-hydrogen) atoms. The predicted molar refractivity (Wildman–Crippen MR) is 107 cm³/mol. The highest BCUT2D eigenvalue weighted by Gasteiger charge is 2.18. The average Bonchev–Trinajstić information content (AvgIpc) is 3.09. The Kier molecular flexibility index (Phi) is 6.25. The molecule has 0 saturated carbocycles. The van der Waals surface area contributed by atoms with Gasteiger partial charge in [-0.1, -0.05) is 6.42 Å². The van der Waals surface area contributed by atoms with Gasteiger partial charge in [-0.25, -0.2) is 17.7 Å². The zero-order valence-corrected chi connectivity index (χ0v) is 17.1. The minimum Gasteiger partial charge on any atom is -0.298 e. The molecule has 1 aliphatic heterocycles. The number of benzene rings is 1. The van der Waals surface area contributed by atoms with E-state index in [-0.39, 0.29) is 10.8 Å². The number of aromatic nitrogens is 1. The van der Waals surface area contributed by atoms with E-state index >= 15 is 0 Å². The van der Waals surface area contributed by atoms with Crippen LogP contribution in [-0.4, -0.2) is 55.7 Å². The van der Waals surface area contributed by atoms with Gasteiger partial charge in [0.2, 0.25) is 10.0 Å². The van der Waals surface area contributed by atoms with Crippen LogP contribution in [0.1, 0.15) is 35.3 Å². The number of amides is 1. The Morgan fingerprint density at radius 2 is 1.85 bits per heavy atom. The van der Waals surface area contributed by atoms with E-state index in [1.54, 1.807) is 0 Å². The molecule has 0 radical (unpaired) electrons. The highest BCUT2D eigenvalue weighted by molar-refractivity contribution is 7.89. The number of carbonyl (C=O) groups excluding carboxylic acids is 1. The van der Waals surface area contributed by atoms with Crippen LogP contribution in [0.25, 0.3) is 0 Å². The number of rotatable bonds is 6. The summed E-state index contributed by atoms with van der Waals surface area (Å²) in [5, 5.41) is 5.31. The monoisotopic (exact) mass is 408 g/mol. The summed E-state index contributed by atoms with van der Waals surface area (Å²) < 4.78 is 25.3. The maximum Gasteiger partial charge on any atom is 0.257 e. The van der Waals surface area contributed by atoms with Gasteiger partial charge in [-0.2, -0.15) is 0 Å². The lowest BCUT2D eigenvalue weighted by Crippen LogP contribution is -2.29. The predicted octanol–water partition coefficient (Wildman–Crippen LogP) is 2.63. The lowest BCUT2D eigenvalue weighted by molar-refractivity contribution is 0.102. The summed E-state index contributed by atoms with van der Waals surface area (Å²) in [5.74, 6) is -0.303. The summed E-state index contributed by atoms with van der Waals surface area (Å²) in [6.07, 6.45) is 3.75. The quantitative estimate of drug-likeness (QED) is 0.795. The number of anilines is 1. The van der Waals surface area contributed by atoms with Gasteiger partial charge in [-0.15, -0.1) is 11.3 Å². The van der Waals surface area contributed by atoms with Gasteiger partial charge in [0.05, 0.1) is 10.6 Å². The number of nitrogens with one attached hydrogen (secondary N) is 1. The van der Waals surface area contributed by atoms with Crippen LogP contribution in [0.2, 0.25) is 0 Å². The van der Waals surface area contributed by atoms with Crippen LogP contribution in [-0.2, 0) is 16.6 Å². The van der Waals surface area contributed by atoms with Crippen molar-refractivity contribution in [3.63, 3.8) is 0 Å². The number of hydrogen-bond donors (Lipinski definition) is 1. The Balaban J connectivity index is 1.62. The van der Waals surface area contributed by atoms with Crippen LogP contribution in [0.5, 0.6) is 0 Å². The van der Waals surface area contributed by atoms with Crippen LogP contribution < -0.4 is 5.32 Å². The molecule has 3 rings (SSSR count). The van der Waals surface area contributed by atoms with Crippen molar-refractivity contribution in [3.8, 4) is 0 Å². The summed E-state index contributed by atoms with van der Waals surface area (Å²) >= 11 is 1.40.